The second-order valence-corrected chi connectivity index (χ2v) is 7.53. The molecule has 1 aromatic heterocycles. The van der Waals surface area contributed by atoms with Gasteiger partial charge in [-0.2, -0.15) is 0 Å². The number of fused-ring (bicyclic) bond motifs is 1. The first-order chi connectivity index (χ1) is 13.8. The van der Waals surface area contributed by atoms with Gasteiger partial charge in [0.25, 0.3) is 5.91 Å². The Morgan fingerprint density at radius 2 is 1.86 bits per heavy atom. The maximum absolute atomic E-state index is 13.2. The zero-order valence-electron chi connectivity index (χ0n) is 16.7. The summed E-state index contributed by atoms with van der Waals surface area (Å²) in [6.07, 6.45) is 1.73. The van der Waals surface area contributed by atoms with Crippen LogP contribution in [0.5, 0.6) is 5.75 Å². The lowest BCUT2D eigenvalue weighted by Crippen LogP contribution is -2.17. The first-order valence-corrected chi connectivity index (χ1v) is 10.0. The molecule has 1 N–H and O–H groups in total. The molecule has 0 aliphatic carbocycles. The van der Waals surface area contributed by atoms with Crippen molar-refractivity contribution in [3.8, 4) is 5.75 Å². The number of aromatic hydroxyl groups is 1. The summed E-state index contributed by atoms with van der Waals surface area (Å²) in [5, 5.41) is 11.2. The van der Waals surface area contributed by atoms with Crippen LogP contribution in [0.2, 0.25) is 5.02 Å². The van der Waals surface area contributed by atoms with E-state index >= 15 is 0 Å². The monoisotopic (exact) mass is 413 g/mol. The molecule has 0 bridgehead atoms. The number of halogens is 1. The number of hydrogen-bond acceptors (Lipinski definition) is 4. The van der Waals surface area contributed by atoms with Gasteiger partial charge in [-0.3, -0.25) is 14.2 Å². The summed E-state index contributed by atoms with van der Waals surface area (Å²) >= 11 is 5.94. The third-order valence-corrected chi connectivity index (χ3v) is 5.31. The standard InChI is InChI=1S/C23H24ClNO4/c1-4-5-12-29-23(28)14(2)21-15(3)25(20-11-10-18(26)13-19(20)21)22(27)16-6-8-17(24)9-7-16/h6-11,13-14,26H,4-5,12H2,1-3H3/t14-/m1/s1. The molecule has 0 radical (unpaired) electrons. The predicted molar refractivity (Wildman–Crippen MR) is 114 cm³/mol. The third-order valence-electron chi connectivity index (χ3n) is 5.06. The van der Waals surface area contributed by atoms with Crippen LogP contribution in [0, 0.1) is 6.92 Å². The van der Waals surface area contributed by atoms with Gasteiger partial charge >= 0.3 is 5.97 Å². The minimum absolute atomic E-state index is 0.0707. The van der Waals surface area contributed by atoms with Crippen molar-refractivity contribution in [1.29, 1.82) is 0 Å². The van der Waals surface area contributed by atoms with Crippen molar-refractivity contribution in [2.24, 2.45) is 0 Å². The van der Waals surface area contributed by atoms with Crippen molar-refractivity contribution >= 4 is 34.4 Å². The fourth-order valence-corrected chi connectivity index (χ4v) is 3.65. The fraction of sp³-hybridized carbons (Fsp3) is 0.304. The van der Waals surface area contributed by atoms with Gasteiger partial charge in [0.1, 0.15) is 5.75 Å². The third kappa shape index (κ3) is 4.15. The van der Waals surface area contributed by atoms with Crippen LogP contribution in [0.4, 0.5) is 0 Å². The zero-order valence-corrected chi connectivity index (χ0v) is 17.5. The van der Waals surface area contributed by atoms with Crippen molar-refractivity contribution in [2.45, 2.75) is 39.5 Å². The number of esters is 1. The molecule has 5 nitrogen and oxygen atoms in total. The van der Waals surface area contributed by atoms with Crippen LogP contribution in [0.3, 0.4) is 0 Å². The second kappa shape index (κ2) is 8.70. The number of nitrogens with zero attached hydrogens (tertiary/aromatic N) is 1. The smallest absolute Gasteiger partial charge is 0.313 e. The Hall–Kier alpha value is -2.79. The maximum atomic E-state index is 13.2. The highest BCUT2D eigenvalue weighted by Gasteiger charge is 2.27. The molecule has 0 amide bonds. The molecule has 2 aromatic carbocycles. The minimum atomic E-state index is -0.574. The Balaban J connectivity index is 2.10. The van der Waals surface area contributed by atoms with Crippen LogP contribution in [0.15, 0.2) is 42.5 Å². The summed E-state index contributed by atoms with van der Waals surface area (Å²) in [7, 11) is 0. The lowest BCUT2D eigenvalue weighted by Gasteiger charge is -2.13. The summed E-state index contributed by atoms with van der Waals surface area (Å²) in [6.45, 7) is 5.96. The predicted octanol–water partition coefficient (Wildman–Crippen LogP) is 5.44. The van der Waals surface area contributed by atoms with Crippen LogP contribution >= 0.6 is 11.6 Å². The summed E-state index contributed by atoms with van der Waals surface area (Å²) in [5.74, 6) is -1.08. The van der Waals surface area contributed by atoms with Crippen LogP contribution < -0.4 is 0 Å². The number of ether oxygens (including phenoxy) is 1. The van der Waals surface area contributed by atoms with Gasteiger partial charge in [0.05, 0.1) is 18.0 Å². The van der Waals surface area contributed by atoms with E-state index in [4.69, 9.17) is 16.3 Å². The number of carbonyl (C=O) groups is 2. The Bertz CT molecular complexity index is 1050. The maximum Gasteiger partial charge on any atom is 0.313 e. The average Bonchev–Trinajstić information content (AvgIpc) is 2.98. The fourth-order valence-electron chi connectivity index (χ4n) is 3.52. The van der Waals surface area contributed by atoms with E-state index in [2.05, 4.69) is 0 Å². The molecule has 0 saturated carbocycles. The number of benzene rings is 2. The topological polar surface area (TPSA) is 68.5 Å². The normalized spacial score (nSPS) is 12.1. The molecule has 0 aliphatic rings. The number of phenols is 1. The Morgan fingerprint density at radius 3 is 2.52 bits per heavy atom. The lowest BCUT2D eigenvalue weighted by molar-refractivity contribution is -0.145. The molecule has 0 spiro atoms. The number of unbranched alkanes of at least 4 members (excludes halogenated alkanes) is 1. The van der Waals surface area contributed by atoms with Gasteiger partial charge in [-0.15, -0.1) is 0 Å². The molecule has 3 rings (SSSR count). The summed E-state index contributed by atoms with van der Waals surface area (Å²) in [6, 6.07) is 11.5. The van der Waals surface area contributed by atoms with Gasteiger partial charge in [0.2, 0.25) is 0 Å². The minimum Gasteiger partial charge on any atom is -0.508 e. The van der Waals surface area contributed by atoms with Gasteiger partial charge in [0, 0.05) is 21.7 Å². The highest BCUT2D eigenvalue weighted by Crippen LogP contribution is 2.35. The van der Waals surface area contributed by atoms with E-state index in [1.54, 1.807) is 54.8 Å². The van der Waals surface area contributed by atoms with E-state index in [-0.39, 0.29) is 17.6 Å². The molecule has 0 unspecified atom stereocenters. The van der Waals surface area contributed by atoms with E-state index in [9.17, 15) is 14.7 Å². The van der Waals surface area contributed by atoms with E-state index in [0.717, 1.165) is 12.8 Å². The van der Waals surface area contributed by atoms with Crippen molar-refractivity contribution in [3.63, 3.8) is 0 Å². The van der Waals surface area contributed by atoms with Crippen molar-refractivity contribution in [2.75, 3.05) is 6.61 Å². The summed E-state index contributed by atoms with van der Waals surface area (Å²) in [5.41, 5.74) is 2.43. The summed E-state index contributed by atoms with van der Waals surface area (Å²) in [4.78, 5) is 25.8. The number of hydrogen-bond donors (Lipinski definition) is 1. The van der Waals surface area contributed by atoms with Crippen molar-refractivity contribution in [1.82, 2.24) is 4.57 Å². The van der Waals surface area contributed by atoms with E-state index in [0.29, 0.717) is 39.4 Å². The van der Waals surface area contributed by atoms with Gasteiger partial charge in [-0.05, 0) is 68.3 Å². The van der Waals surface area contributed by atoms with Gasteiger partial charge in [-0.25, -0.2) is 0 Å². The molecule has 1 heterocycles. The molecule has 3 aromatic rings. The van der Waals surface area contributed by atoms with Crippen LogP contribution in [-0.4, -0.2) is 28.2 Å². The van der Waals surface area contributed by atoms with E-state index in [1.807, 2.05) is 6.92 Å². The first kappa shape index (κ1) is 20.9. The number of rotatable bonds is 6. The molecule has 0 fully saturated rings. The van der Waals surface area contributed by atoms with Crippen molar-refractivity contribution < 1.29 is 19.4 Å². The van der Waals surface area contributed by atoms with Crippen LogP contribution in [-0.2, 0) is 9.53 Å². The quantitative estimate of drug-likeness (QED) is 0.431. The lowest BCUT2D eigenvalue weighted by atomic mass is 9.98. The Kier molecular flexibility index (Phi) is 6.28. The number of phenolic OH excluding ortho intramolecular Hbond substituents is 1. The number of aromatic nitrogens is 1. The average molecular weight is 414 g/mol. The molecular weight excluding hydrogens is 390 g/mol. The van der Waals surface area contributed by atoms with E-state index in [1.165, 1.54) is 6.07 Å². The number of carbonyl (C=O) groups excluding carboxylic acids is 2. The summed E-state index contributed by atoms with van der Waals surface area (Å²) < 4.78 is 6.96. The first-order valence-electron chi connectivity index (χ1n) is 9.66. The molecular formula is C23H24ClNO4. The highest BCUT2D eigenvalue weighted by atomic mass is 35.5. The Labute approximate surface area is 174 Å². The molecule has 1 atom stereocenters. The van der Waals surface area contributed by atoms with Gasteiger partial charge in [-0.1, -0.05) is 24.9 Å². The van der Waals surface area contributed by atoms with Gasteiger partial charge < -0.3 is 9.84 Å². The largest absolute Gasteiger partial charge is 0.508 e. The SMILES string of the molecule is CCCCOC(=O)[C@H](C)c1c(C)n(C(=O)c2ccc(Cl)cc2)c2ccc(O)cc12. The Morgan fingerprint density at radius 1 is 1.17 bits per heavy atom. The molecule has 152 valence electrons. The van der Waals surface area contributed by atoms with Crippen LogP contribution in [0.25, 0.3) is 10.9 Å². The molecule has 0 aliphatic heterocycles. The van der Waals surface area contributed by atoms with Crippen LogP contribution in [0.1, 0.15) is 54.2 Å². The molecule has 6 heteroatoms. The van der Waals surface area contributed by atoms with Gasteiger partial charge in [0.15, 0.2) is 0 Å². The molecule has 0 saturated heterocycles. The molecule has 29 heavy (non-hydrogen) atoms. The zero-order chi connectivity index (χ0) is 21.1. The second-order valence-electron chi connectivity index (χ2n) is 7.09. The van der Waals surface area contributed by atoms with Crippen molar-refractivity contribution in [3.05, 3.63) is 64.3 Å². The highest BCUT2D eigenvalue weighted by molar-refractivity contribution is 6.30. The van der Waals surface area contributed by atoms with E-state index < -0.39 is 5.92 Å².